The van der Waals surface area contributed by atoms with Crippen molar-refractivity contribution in [1.82, 2.24) is 0 Å². The molecule has 4 heteroatoms. The average molecular weight is 276 g/mol. The van der Waals surface area contributed by atoms with Crippen molar-refractivity contribution in [2.45, 2.75) is 37.9 Å². The van der Waals surface area contributed by atoms with Crippen molar-refractivity contribution in [2.75, 3.05) is 14.2 Å². The minimum Gasteiger partial charge on any atom is -0.497 e. The number of carbonyl (C=O) groups is 1. The van der Waals surface area contributed by atoms with Crippen LogP contribution in [0.2, 0.25) is 0 Å². The van der Waals surface area contributed by atoms with Crippen molar-refractivity contribution in [3.63, 3.8) is 0 Å². The molecule has 0 aromatic heterocycles. The van der Waals surface area contributed by atoms with E-state index in [9.17, 15) is 4.79 Å². The Hall–Kier alpha value is -1.55. The Labute approximate surface area is 119 Å². The zero-order chi connectivity index (χ0) is 14.1. The molecule has 3 rings (SSSR count). The number of ketones is 1. The summed E-state index contributed by atoms with van der Waals surface area (Å²) in [6, 6.07) is 5.37. The second kappa shape index (κ2) is 5.44. The molecule has 2 aliphatic heterocycles. The van der Waals surface area contributed by atoms with E-state index < -0.39 is 0 Å². The van der Waals surface area contributed by atoms with Gasteiger partial charge < -0.3 is 14.2 Å². The molecule has 20 heavy (non-hydrogen) atoms. The second-order valence-electron chi connectivity index (χ2n) is 5.59. The molecule has 2 aliphatic rings. The molecule has 2 unspecified atom stereocenters. The molecule has 108 valence electrons. The summed E-state index contributed by atoms with van der Waals surface area (Å²) in [5.74, 6) is 1.56. The molecular formula is C16H20O4. The monoisotopic (exact) mass is 276 g/mol. The van der Waals surface area contributed by atoms with Crippen molar-refractivity contribution < 1.29 is 19.0 Å². The van der Waals surface area contributed by atoms with Gasteiger partial charge in [-0.15, -0.1) is 0 Å². The lowest BCUT2D eigenvalue weighted by atomic mass is 9.88. The smallest absolute Gasteiger partial charge is 0.166 e. The maximum absolute atomic E-state index is 12.7. The highest BCUT2D eigenvalue weighted by Crippen LogP contribution is 2.38. The Kier molecular flexibility index (Phi) is 3.66. The third-order valence-corrected chi connectivity index (χ3v) is 4.30. The van der Waals surface area contributed by atoms with Crippen LogP contribution in [0.3, 0.4) is 0 Å². The SMILES string of the molecule is COc1cc(OC)cc(C(=O)C2CC3CCC(C2)O3)c1. The van der Waals surface area contributed by atoms with Gasteiger partial charge in [0, 0.05) is 17.5 Å². The highest BCUT2D eigenvalue weighted by atomic mass is 16.5. The van der Waals surface area contributed by atoms with Gasteiger partial charge in [0.2, 0.25) is 0 Å². The molecule has 0 spiro atoms. The Morgan fingerprint density at radius 1 is 1.05 bits per heavy atom. The fourth-order valence-electron chi connectivity index (χ4n) is 3.26. The Morgan fingerprint density at radius 2 is 1.60 bits per heavy atom. The second-order valence-corrected chi connectivity index (χ2v) is 5.59. The summed E-state index contributed by atoms with van der Waals surface area (Å²) >= 11 is 0. The fraction of sp³-hybridized carbons (Fsp3) is 0.562. The number of carbonyl (C=O) groups excluding carboxylic acids is 1. The van der Waals surface area contributed by atoms with Gasteiger partial charge in [-0.1, -0.05) is 0 Å². The normalized spacial score (nSPS) is 28.2. The van der Waals surface area contributed by atoms with Gasteiger partial charge in [-0.2, -0.15) is 0 Å². The van der Waals surface area contributed by atoms with Crippen molar-refractivity contribution in [1.29, 1.82) is 0 Å². The lowest BCUT2D eigenvalue weighted by Crippen LogP contribution is -2.30. The first-order chi connectivity index (χ1) is 9.69. The van der Waals surface area contributed by atoms with Gasteiger partial charge in [0.25, 0.3) is 0 Å². The first-order valence-corrected chi connectivity index (χ1v) is 7.12. The van der Waals surface area contributed by atoms with Crippen LogP contribution < -0.4 is 9.47 Å². The lowest BCUT2D eigenvalue weighted by molar-refractivity contribution is -0.0149. The van der Waals surface area contributed by atoms with Gasteiger partial charge in [-0.3, -0.25) is 4.79 Å². The van der Waals surface area contributed by atoms with E-state index in [0.29, 0.717) is 17.1 Å². The number of hydrogen-bond acceptors (Lipinski definition) is 4. The topological polar surface area (TPSA) is 44.8 Å². The lowest BCUT2D eigenvalue weighted by Gasteiger charge is -2.27. The molecular weight excluding hydrogens is 256 g/mol. The molecule has 2 bridgehead atoms. The highest BCUT2D eigenvalue weighted by Gasteiger charge is 2.38. The molecule has 0 amide bonds. The van der Waals surface area contributed by atoms with Crippen LogP contribution in [-0.4, -0.2) is 32.2 Å². The van der Waals surface area contributed by atoms with Crippen molar-refractivity contribution in [3.8, 4) is 11.5 Å². The van der Waals surface area contributed by atoms with E-state index in [1.165, 1.54) is 0 Å². The number of Topliss-reactive ketones (excluding diaryl/α,β-unsaturated/α-hetero) is 1. The van der Waals surface area contributed by atoms with Crippen LogP contribution in [0.15, 0.2) is 18.2 Å². The third kappa shape index (κ3) is 2.52. The van der Waals surface area contributed by atoms with Gasteiger partial charge in [0.1, 0.15) is 11.5 Å². The highest BCUT2D eigenvalue weighted by molar-refractivity contribution is 5.98. The Balaban J connectivity index is 1.82. The standard InChI is InChI=1S/C16H20O4/c1-18-14-7-11(8-15(9-14)19-2)16(17)10-5-12-3-4-13(6-10)20-12/h7-10,12-13H,3-6H2,1-2H3. The Morgan fingerprint density at radius 3 is 2.10 bits per heavy atom. The van der Waals surface area contributed by atoms with Crippen LogP contribution in [0, 0.1) is 5.92 Å². The van der Waals surface area contributed by atoms with Gasteiger partial charge in [0.15, 0.2) is 5.78 Å². The van der Waals surface area contributed by atoms with E-state index >= 15 is 0 Å². The van der Waals surface area contributed by atoms with E-state index in [0.717, 1.165) is 25.7 Å². The van der Waals surface area contributed by atoms with E-state index in [2.05, 4.69) is 0 Å². The quantitative estimate of drug-likeness (QED) is 0.793. The third-order valence-electron chi connectivity index (χ3n) is 4.30. The van der Waals surface area contributed by atoms with Crippen LogP contribution in [0.5, 0.6) is 11.5 Å². The summed E-state index contributed by atoms with van der Waals surface area (Å²) in [4.78, 5) is 12.7. The number of hydrogen-bond donors (Lipinski definition) is 0. The minimum absolute atomic E-state index is 0.0677. The Bertz CT molecular complexity index is 477. The number of rotatable bonds is 4. The van der Waals surface area contributed by atoms with Crippen LogP contribution in [0.1, 0.15) is 36.0 Å². The minimum atomic E-state index is 0.0677. The molecule has 2 fully saturated rings. The zero-order valence-corrected chi connectivity index (χ0v) is 11.9. The largest absolute Gasteiger partial charge is 0.497 e. The fourth-order valence-corrected chi connectivity index (χ4v) is 3.26. The number of methoxy groups -OCH3 is 2. The zero-order valence-electron chi connectivity index (χ0n) is 11.9. The van der Waals surface area contributed by atoms with Crippen LogP contribution in [0.25, 0.3) is 0 Å². The summed E-state index contributed by atoms with van der Waals surface area (Å²) in [6.07, 6.45) is 4.42. The predicted octanol–water partition coefficient (Wildman–Crippen LogP) is 2.84. The molecule has 1 aromatic rings. The summed E-state index contributed by atoms with van der Waals surface area (Å²) in [5, 5.41) is 0. The maximum atomic E-state index is 12.7. The van der Waals surface area contributed by atoms with Crippen molar-refractivity contribution >= 4 is 5.78 Å². The molecule has 0 aliphatic carbocycles. The molecule has 0 saturated carbocycles. The van der Waals surface area contributed by atoms with Gasteiger partial charge in [0.05, 0.1) is 26.4 Å². The molecule has 1 aromatic carbocycles. The van der Waals surface area contributed by atoms with Crippen LogP contribution >= 0.6 is 0 Å². The van der Waals surface area contributed by atoms with Crippen molar-refractivity contribution in [2.24, 2.45) is 5.92 Å². The summed E-state index contributed by atoms with van der Waals surface area (Å²) < 4.78 is 16.3. The summed E-state index contributed by atoms with van der Waals surface area (Å²) in [5.41, 5.74) is 0.674. The molecule has 2 saturated heterocycles. The van der Waals surface area contributed by atoms with Crippen LogP contribution in [-0.2, 0) is 4.74 Å². The van der Waals surface area contributed by atoms with Crippen LogP contribution in [0.4, 0.5) is 0 Å². The van der Waals surface area contributed by atoms with Crippen molar-refractivity contribution in [3.05, 3.63) is 23.8 Å². The van der Waals surface area contributed by atoms with Gasteiger partial charge in [-0.25, -0.2) is 0 Å². The first-order valence-electron chi connectivity index (χ1n) is 7.12. The summed E-state index contributed by atoms with van der Waals surface area (Å²) in [7, 11) is 3.19. The van der Waals surface area contributed by atoms with E-state index in [-0.39, 0.29) is 23.9 Å². The van der Waals surface area contributed by atoms with E-state index in [1.54, 1.807) is 32.4 Å². The van der Waals surface area contributed by atoms with E-state index in [4.69, 9.17) is 14.2 Å². The van der Waals surface area contributed by atoms with E-state index in [1.807, 2.05) is 0 Å². The first kappa shape index (κ1) is 13.4. The summed E-state index contributed by atoms with van der Waals surface area (Å²) in [6.45, 7) is 0. The molecule has 0 N–H and O–H groups in total. The molecule has 0 radical (unpaired) electrons. The number of ether oxygens (including phenoxy) is 3. The van der Waals surface area contributed by atoms with Gasteiger partial charge in [-0.05, 0) is 37.8 Å². The van der Waals surface area contributed by atoms with Gasteiger partial charge >= 0.3 is 0 Å². The molecule has 2 heterocycles. The maximum Gasteiger partial charge on any atom is 0.166 e. The number of fused-ring (bicyclic) bond motifs is 2. The number of benzene rings is 1. The average Bonchev–Trinajstić information content (AvgIpc) is 2.84. The predicted molar refractivity (Wildman–Crippen MR) is 74.5 cm³/mol. The molecule has 4 nitrogen and oxygen atoms in total. The molecule has 2 atom stereocenters.